The first-order chi connectivity index (χ1) is 20.1. The molecule has 6 rings (SSSR count). The lowest BCUT2D eigenvalue weighted by molar-refractivity contribution is -0.120. The highest BCUT2D eigenvalue weighted by molar-refractivity contribution is 8.00. The van der Waals surface area contributed by atoms with Crippen molar-refractivity contribution in [3.05, 3.63) is 109 Å². The third kappa shape index (κ3) is 6.52. The van der Waals surface area contributed by atoms with Gasteiger partial charge in [0.2, 0.25) is 17.7 Å². The Kier molecular flexibility index (Phi) is 8.14. The summed E-state index contributed by atoms with van der Waals surface area (Å²) in [4.78, 5) is 31.9. The fraction of sp³-hybridized carbons (Fsp3) is 0.206. The molecule has 0 bridgehead atoms. The number of thioether (sulfide) groups is 1. The molecule has 206 valence electrons. The average Bonchev–Trinajstić information content (AvgIpc) is 3.46. The summed E-state index contributed by atoms with van der Waals surface area (Å²) in [6, 6.07) is 32.6. The van der Waals surface area contributed by atoms with Crippen LogP contribution >= 0.6 is 11.8 Å². The van der Waals surface area contributed by atoms with E-state index in [0.29, 0.717) is 11.6 Å². The van der Waals surface area contributed by atoms with E-state index in [1.165, 1.54) is 18.2 Å². The van der Waals surface area contributed by atoms with Crippen LogP contribution in [0.3, 0.4) is 0 Å². The molecule has 0 saturated heterocycles. The smallest absolute Gasteiger partial charge is 0.242 e. The first-order valence-electron chi connectivity index (χ1n) is 14.0. The van der Waals surface area contributed by atoms with Gasteiger partial charge >= 0.3 is 0 Å². The fourth-order valence-electron chi connectivity index (χ4n) is 5.19. The number of anilines is 2. The standard InChI is InChI=1S/C34H31N3O3S/c38-32(24-12-5-2-6-13-24)36-27-14-9-15-28(22-27)41-31(23-10-3-1-4-11-23)33(39)35-26-20-18-25(19-21-26)34-37-29-16-7-8-17-30(29)40-34/h1,3-4,7-11,14-22,24,31H,2,5-6,12-13H2,(H,35,39)(H,36,38). The zero-order chi connectivity index (χ0) is 28.0. The van der Waals surface area contributed by atoms with Crippen LogP contribution in [0.2, 0.25) is 0 Å². The summed E-state index contributed by atoms with van der Waals surface area (Å²) >= 11 is 1.46. The van der Waals surface area contributed by atoms with E-state index in [4.69, 9.17) is 4.42 Å². The maximum absolute atomic E-state index is 13.6. The van der Waals surface area contributed by atoms with Crippen molar-refractivity contribution in [1.29, 1.82) is 0 Å². The topological polar surface area (TPSA) is 84.2 Å². The van der Waals surface area contributed by atoms with Gasteiger partial charge in [-0.25, -0.2) is 4.98 Å². The molecule has 0 spiro atoms. The van der Waals surface area contributed by atoms with Crippen LogP contribution in [0, 0.1) is 5.92 Å². The Morgan fingerprint density at radius 2 is 1.54 bits per heavy atom. The van der Waals surface area contributed by atoms with Crippen LogP contribution < -0.4 is 10.6 Å². The maximum Gasteiger partial charge on any atom is 0.242 e. The van der Waals surface area contributed by atoms with Crippen LogP contribution in [0.1, 0.15) is 42.9 Å². The molecule has 1 saturated carbocycles. The number of nitrogens with zero attached hydrogens (tertiary/aromatic N) is 1. The van der Waals surface area contributed by atoms with Crippen molar-refractivity contribution < 1.29 is 14.0 Å². The van der Waals surface area contributed by atoms with Crippen molar-refractivity contribution in [3.8, 4) is 11.5 Å². The fourth-order valence-corrected chi connectivity index (χ4v) is 6.28. The summed E-state index contributed by atoms with van der Waals surface area (Å²) in [6.07, 6.45) is 5.34. The number of oxazole rings is 1. The molecule has 1 fully saturated rings. The van der Waals surface area contributed by atoms with E-state index in [2.05, 4.69) is 15.6 Å². The number of hydrogen-bond donors (Lipinski definition) is 2. The molecule has 41 heavy (non-hydrogen) atoms. The number of para-hydroxylation sites is 2. The molecule has 1 aromatic heterocycles. The number of fused-ring (bicyclic) bond motifs is 1. The number of aromatic nitrogens is 1. The quantitative estimate of drug-likeness (QED) is 0.186. The van der Waals surface area contributed by atoms with Gasteiger partial charge in [0.1, 0.15) is 10.8 Å². The van der Waals surface area contributed by atoms with Gasteiger partial charge in [-0.15, -0.1) is 11.8 Å². The zero-order valence-electron chi connectivity index (χ0n) is 22.6. The summed E-state index contributed by atoms with van der Waals surface area (Å²) < 4.78 is 5.88. The lowest BCUT2D eigenvalue weighted by atomic mass is 9.88. The van der Waals surface area contributed by atoms with Gasteiger partial charge in [-0.3, -0.25) is 9.59 Å². The third-order valence-corrected chi connectivity index (χ3v) is 8.61. The monoisotopic (exact) mass is 561 g/mol. The van der Waals surface area contributed by atoms with E-state index in [0.717, 1.165) is 58.5 Å². The second-order valence-corrected chi connectivity index (χ2v) is 11.5. The molecule has 1 aliphatic carbocycles. The predicted octanol–water partition coefficient (Wildman–Crippen LogP) is 8.49. The van der Waals surface area contributed by atoms with Crippen molar-refractivity contribution in [2.45, 2.75) is 42.2 Å². The van der Waals surface area contributed by atoms with Crippen molar-refractivity contribution in [1.82, 2.24) is 4.98 Å². The Labute approximate surface area is 243 Å². The van der Waals surface area contributed by atoms with Gasteiger partial charge in [-0.1, -0.05) is 67.8 Å². The Bertz CT molecular complexity index is 1610. The number of carbonyl (C=O) groups is 2. The Morgan fingerprint density at radius 1 is 0.780 bits per heavy atom. The molecule has 1 heterocycles. The largest absolute Gasteiger partial charge is 0.436 e. The summed E-state index contributed by atoms with van der Waals surface area (Å²) in [5, 5.41) is 5.68. The van der Waals surface area contributed by atoms with Gasteiger partial charge in [-0.05, 0) is 73.0 Å². The van der Waals surface area contributed by atoms with Crippen LogP contribution in [0.5, 0.6) is 0 Å². The molecule has 4 aromatic carbocycles. The van der Waals surface area contributed by atoms with E-state index in [9.17, 15) is 9.59 Å². The highest BCUT2D eigenvalue weighted by atomic mass is 32.2. The van der Waals surface area contributed by atoms with Crippen LogP contribution in [-0.4, -0.2) is 16.8 Å². The van der Waals surface area contributed by atoms with E-state index < -0.39 is 5.25 Å². The van der Waals surface area contributed by atoms with Crippen LogP contribution in [0.15, 0.2) is 112 Å². The van der Waals surface area contributed by atoms with Crippen molar-refractivity contribution in [2.75, 3.05) is 10.6 Å². The minimum absolute atomic E-state index is 0.0805. The molecule has 1 unspecified atom stereocenters. The third-order valence-electron chi connectivity index (χ3n) is 7.37. The van der Waals surface area contributed by atoms with Crippen molar-refractivity contribution in [3.63, 3.8) is 0 Å². The number of amides is 2. The Hall–Kier alpha value is -4.36. The van der Waals surface area contributed by atoms with Gasteiger partial charge in [0.15, 0.2) is 5.58 Å². The second kappa shape index (κ2) is 12.4. The number of benzene rings is 4. The van der Waals surface area contributed by atoms with Crippen molar-refractivity contribution >= 4 is 46.1 Å². The molecular weight excluding hydrogens is 530 g/mol. The zero-order valence-corrected chi connectivity index (χ0v) is 23.4. The first-order valence-corrected chi connectivity index (χ1v) is 14.9. The van der Waals surface area contributed by atoms with Crippen LogP contribution in [0.25, 0.3) is 22.6 Å². The summed E-state index contributed by atoms with van der Waals surface area (Å²) in [5.41, 5.74) is 4.72. The van der Waals surface area contributed by atoms with E-state index in [1.54, 1.807) is 0 Å². The lowest BCUT2D eigenvalue weighted by Gasteiger charge is -2.21. The second-order valence-electron chi connectivity index (χ2n) is 10.3. The molecule has 6 nitrogen and oxygen atoms in total. The number of nitrogens with one attached hydrogen (secondary N) is 2. The molecule has 1 aliphatic rings. The first kappa shape index (κ1) is 26.8. The van der Waals surface area contributed by atoms with Crippen molar-refractivity contribution in [2.24, 2.45) is 5.92 Å². The summed E-state index contributed by atoms with van der Waals surface area (Å²) in [5.74, 6) is 0.576. The minimum atomic E-state index is -0.489. The molecule has 0 radical (unpaired) electrons. The van der Waals surface area contributed by atoms with Gasteiger partial charge in [0.25, 0.3) is 0 Å². The summed E-state index contributed by atoms with van der Waals surface area (Å²) in [6.45, 7) is 0. The molecule has 2 N–H and O–H groups in total. The Balaban J connectivity index is 1.17. The van der Waals surface area contributed by atoms with Crippen LogP contribution in [-0.2, 0) is 9.59 Å². The van der Waals surface area contributed by atoms with Gasteiger partial charge in [-0.2, -0.15) is 0 Å². The van der Waals surface area contributed by atoms with Gasteiger partial charge < -0.3 is 15.1 Å². The highest BCUT2D eigenvalue weighted by Crippen LogP contribution is 2.37. The number of carbonyl (C=O) groups excluding carboxylic acids is 2. The SMILES string of the molecule is O=C(Nc1cccc(SC(C(=O)Nc2ccc(-c3nc4ccccc4o3)cc2)c2ccccc2)c1)C1CCCCC1. The van der Waals surface area contributed by atoms with Gasteiger partial charge in [0.05, 0.1) is 0 Å². The normalized spacial score (nSPS) is 14.4. The molecule has 0 aliphatic heterocycles. The molecule has 2 amide bonds. The number of hydrogen-bond acceptors (Lipinski definition) is 5. The molecule has 1 atom stereocenters. The predicted molar refractivity (Wildman–Crippen MR) is 165 cm³/mol. The summed E-state index contributed by atoms with van der Waals surface area (Å²) in [7, 11) is 0. The van der Waals surface area contributed by atoms with E-state index in [1.807, 2.05) is 103 Å². The maximum atomic E-state index is 13.6. The van der Waals surface area contributed by atoms with E-state index >= 15 is 0 Å². The number of rotatable bonds is 8. The van der Waals surface area contributed by atoms with Gasteiger partial charge in [0, 0.05) is 27.8 Å². The molecular formula is C34H31N3O3S. The molecule has 5 aromatic rings. The lowest BCUT2D eigenvalue weighted by Crippen LogP contribution is -2.24. The molecule has 7 heteroatoms. The highest BCUT2D eigenvalue weighted by Gasteiger charge is 2.24. The van der Waals surface area contributed by atoms with E-state index in [-0.39, 0.29) is 17.7 Å². The Morgan fingerprint density at radius 3 is 2.32 bits per heavy atom. The van der Waals surface area contributed by atoms with Crippen LogP contribution in [0.4, 0.5) is 11.4 Å². The minimum Gasteiger partial charge on any atom is -0.436 e. The average molecular weight is 562 g/mol.